The van der Waals surface area contributed by atoms with Crippen LogP contribution in [0.5, 0.6) is 5.75 Å². The number of pyridine rings is 1. The summed E-state index contributed by atoms with van der Waals surface area (Å²) in [4.78, 5) is 8.98. The van der Waals surface area contributed by atoms with E-state index in [-0.39, 0.29) is 0 Å². The first-order valence-electron chi connectivity index (χ1n) is 10.9. The highest BCUT2D eigenvalue weighted by molar-refractivity contribution is 7.99. The molecule has 1 fully saturated rings. The first-order valence-corrected chi connectivity index (χ1v) is 11.9. The van der Waals surface area contributed by atoms with Crippen LogP contribution >= 0.6 is 11.8 Å². The van der Waals surface area contributed by atoms with Crippen LogP contribution in [0.3, 0.4) is 0 Å². The van der Waals surface area contributed by atoms with Gasteiger partial charge >= 0.3 is 0 Å². The van der Waals surface area contributed by atoms with Gasteiger partial charge in [0.25, 0.3) is 0 Å². The molecule has 32 heavy (non-hydrogen) atoms. The van der Waals surface area contributed by atoms with Crippen molar-refractivity contribution in [1.29, 1.82) is 5.26 Å². The average Bonchev–Trinajstić information content (AvgIpc) is 2.85. The molecule has 3 aliphatic rings. The maximum atomic E-state index is 9.39. The number of hydrogen-bond acceptors (Lipinski definition) is 8. The highest BCUT2D eigenvalue weighted by atomic mass is 32.2. The Hall–Kier alpha value is -2.89. The van der Waals surface area contributed by atoms with E-state index in [1.165, 1.54) is 5.57 Å². The summed E-state index contributed by atoms with van der Waals surface area (Å²) >= 11 is 1.60. The van der Waals surface area contributed by atoms with E-state index in [1.807, 2.05) is 0 Å². The fourth-order valence-corrected chi connectivity index (χ4v) is 4.80. The molecule has 1 saturated heterocycles. The predicted molar refractivity (Wildman–Crippen MR) is 124 cm³/mol. The molecule has 0 radical (unpaired) electrons. The van der Waals surface area contributed by atoms with Crippen molar-refractivity contribution in [2.45, 2.75) is 24.3 Å². The van der Waals surface area contributed by atoms with Crippen LogP contribution in [0.2, 0.25) is 0 Å². The highest BCUT2D eigenvalue weighted by Crippen LogP contribution is 2.28. The molecule has 1 aliphatic carbocycles. The summed E-state index contributed by atoms with van der Waals surface area (Å²) in [5, 5.41) is 10.1. The third-order valence-corrected chi connectivity index (χ3v) is 6.63. The van der Waals surface area contributed by atoms with Crippen LogP contribution in [-0.4, -0.2) is 60.4 Å². The van der Waals surface area contributed by atoms with Gasteiger partial charge in [0.2, 0.25) is 5.88 Å². The molecule has 8 heteroatoms. The van der Waals surface area contributed by atoms with Gasteiger partial charge in [0.15, 0.2) is 6.26 Å². The third-order valence-electron chi connectivity index (χ3n) is 5.66. The minimum Gasteiger partial charge on any atom is -0.495 e. The fourth-order valence-electron chi connectivity index (χ4n) is 3.84. The Morgan fingerprint density at radius 2 is 2.09 bits per heavy atom. The molecule has 7 nitrogen and oxygen atoms in total. The summed E-state index contributed by atoms with van der Waals surface area (Å²) in [6, 6.07) is 3.92. The first kappa shape index (κ1) is 22.3. The largest absolute Gasteiger partial charge is 0.495 e. The molecule has 0 spiro atoms. The summed E-state index contributed by atoms with van der Waals surface area (Å²) < 4.78 is 17.0. The Labute approximate surface area is 193 Å². The molecular weight excluding hydrogens is 424 g/mol. The Kier molecular flexibility index (Phi) is 7.75. The lowest BCUT2D eigenvalue weighted by Gasteiger charge is -2.36. The average molecular weight is 453 g/mol. The normalized spacial score (nSPS) is 18.6. The van der Waals surface area contributed by atoms with Crippen molar-refractivity contribution in [2.75, 3.05) is 45.6 Å². The number of piperazine rings is 1. The molecule has 1 aromatic heterocycles. The Bertz CT molecular complexity index is 972. The molecule has 0 unspecified atom stereocenters. The van der Waals surface area contributed by atoms with Crippen molar-refractivity contribution in [3.05, 3.63) is 65.8 Å². The van der Waals surface area contributed by atoms with E-state index in [1.54, 1.807) is 43.7 Å². The summed E-state index contributed by atoms with van der Waals surface area (Å²) in [6.45, 7) is 4.62. The number of hydrogen-bond donors (Lipinski definition) is 0. The number of nitriles is 1. The molecule has 3 heterocycles. The van der Waals surface area contributed by atoms with Gasteiger partial charge in [-0.25, -0.2) is 4.98 Å². The maximum absolute atomic E-state index is 9.39. The molecule has 0 aromatic carbocycles. The van der Waals surface area contributed by atoms with Crippen molar-refractivity contribution in [3.63, 3.8) is 0 Å². The molecule has 168 valence electrons. The highest BCUT2D eigenvalue weighted by Gasteiger charge is 2.22. The van der Waals surface area contributed by atoms with Gasteiger partial charge in [0.05, 0.1) is 7.11 Å². The van der Waals surface area contributed by atoms with E-state index < -0.39 is 0 Å². The zero-order valence-electron chi connectivity index (χ0n) is 18.3. The lowest BCUT2D eigenvalue weighted by molar-refractivity contribution is 0.0853. The van der Waals surface area contributed by atoms with Crippen molar-refractivity contribution in [3.8, 4) is 11.8 Å². The van der Waals surface area contributed by atoms with Gasteiger partial charge in [-0.15, -0.1) is 11.8 Å². The topological polar surface area (TPSA) is 70.8 Å². The van der Waals surface area contributed by atoms with Crippen molar-refractivity contribution >= 4 is 11.8 Å². The third kappa shape index (κ3) is 5.67. The number of ether oxygens (including phenoxy) is 3. The number of methoxy groups -OCH3 is 1. The van der Waals surface area contributed by atoms with Gasteiger partial charge in [-0.05, 0) is 18.9 Å². The summed E-state index contributed by atoms with van der Waals surface area (Å²) in [5.41, 5.74) is 1.88. The van der Waals surface area contributed by atoms with E-state index in [4.69, 9.17) is 14.2 Å². The summed E-state index contributed by atoms with van der Waals surface area (Å²) in [7, 11) is 1.57. The predicted octanol–water partition coefficient (Wildman–Crippen LogP) is 4.03. The van der Waals surface area contributed by atoms with E-state index in [9.17, 15) is 5.26 Å². The first-order chi connectivity index (χ1) is 15.8. The van der Waals surface area contributed by atoms with Gasteiger partial charge in [0, 0.05) is 51.1 Å². The van der Waals surface area contributed by atoms with Gasteiger partial charge in [-0.3, -0.25) is 4.90 Å². The molecule has 0 N–H and O–H groups in total. The molecule has 0 bridgehead atoms. The smallest absolute Gasteiger partial charge is 0.231 e. The molecule has 0 saturated carbocycles. The van der Waals surface area contributed by atoms with Crippen LogP contribution in [0.1, 0.15) is 24.8 Å². The minimum absolute atomic E-state index is 0.509. The van der Waals surface area contributed by atoms with Gasteiger partial charge in [0.1, 0.15) is 34.4 Å². The van der Waals surface area contributed by atoms with Gasteiger partial charge < -0.3 is 19.1 Å². The molecule has 0 amide bonds. The van der Waals surface area contributed by atoms with E-state index >= 15 is 0 Å². The second-order valence-electron chi connectivity index (χ2n) is 7.73. The monoisotopic (exact) mass is 452 g/mol. The zero-order chi connectivity index (χ0) is 22.2. The van der Waals surface area contributed by atoms with Crippen molar-refractivity contribution < 1.29 is 14.2 Å². The lowest BCUT2D eigenvalue weighted by atomic mass is 10.0. The molecule has 4 rings (SSSR count). The second-order valence-corrected chi connectivity index (χ2v) is 8.81. The van der Waals surface area contributed by atoms with E-state index in [0.717, 1.165) is 74.4 Å². The standard InChI is InChI=1S/C24H28N4O3S/c1-29-22-7-8-26-24(21(22)16-25)32-14-13-27-9-11-28(12-10-27)23-18-30-20(17-31-23)15-19-5-3-2-4-6-19/h2-3,5,7-8,17-18H,4,6,9-15H2,1H3. The quantitative estimate of drug-likeness (QED) is 0.548. The maximum Gasteiger partial charge on any atom is 0.231 e. The molecule has 0 atom stereocenters. The van der Waals surface area contributed by atoms with Gasteiger partial charge in [-0.1, -0.05) is 23.8 Å². The second kappa shape index (κ2) is 11.1. The van der Waals surface area contributed by atoms with Crippen molar-refractivity contribution in [2.24, 2.45) is 0 Å². The Balaban J connectivity index is 1.19. The van der Waals surface area contributed by atoms with Crippen molar-refractivity contribution in [1.82, 2.24) is 14.8 Å². The van der Waals surface area contributed by atoms with Gasteiger partial charge in [-0.2, -0.15) is 5.26 Å². The summed E-state index contributed by atoms with van der Waals surface area (Å²) in [6.07, 6.45) is 14.6. The van der Waals surface area contributed by atoms with E-state index in [0.29, 0.717) is 11.3 Å². The number of nitrogens with zero attached hydrogens (tertiary/aromatic N) is 4. The Morgan fingerprint density at radius 1 is 1.22 bits per heavy atom. The molecule has 2 aliphatic heterocycles. The van der Waals surface area contributed by atoms with Crippen LogP contribution in [0.15, 0.2) is 65.3 Å². The van der Waals surface area contributed by atoms with E-state index in [2.05, 4.69) is 39.1 Å². The fraction of sp³-hybridized carbons (Fsp3) is 0.417. The zero-order valence-corrected chi connectivity index (χ0v) is 19.1. The number of thioether (sulfide) groups is 1. The number of allylic oxidation sites excluding steroid dienone is 4. The van der Waals surface area contributed by atoms with Crippen LogP contribution in [-0.2, 0) is 9.47 Å². The lowest BCUT2D eigenvalue weighted by Crippen LogP contribution is -2.46. The van der Waals surface area contributed by atoms with Crippen LogP contribution in [0, 0.1) is 11.3 Å². The van der Waals surface area contributed by atoms with Crippen LogP contribution < -0.4 is 4.74 Å². The molecular formula is C24H28N4O3S. The molecule has 1 aromatic rings. The van der Waals surface area contributed by atoms with Crippen LogP contribution in [0.25, 0.3) is 0 Å². The number of aromatic nitrogens is 1. The minimum atomic E-state index is 0.509. The SMILES string of the molecule is COc1ccnc(SCCN2CCN(C3=COC(CC4=CC=CCC4)=CO3)CC2)c1C#N. The summed E-state index contributed by atoms with van der Waals surface area (Å²) in [5.74, 6) is 3.08. The number of rotatable bonds is 8. The van der Waals surface area contributed by atoms with Crippen LogP contribution in [0.4, 0.5) is 0 Å². The Morgan fingerprint density at radius 3 is 2.78 bits per heavy atom.